The predicted octanol–water partition coefficient (Wildman–Crippen LogP) is 4.64. The highest BCUT2D eigenvalue weighted by atomic mass is 35.5. The summed E-state index contributed by atoms with van der Waals surface area (Å²) in [6.07, 6.45) is 2.29. The molecule has 0 spiro atoms. The second kappa shape index (κ2) is 6.58. The molecule has 118 valence electrons. The average molecular weight is 309 g/mol. The third kappa shape index (κ3) is 3.22. The van der Waals surface area contributed by atoms with Gasteiger partial charge in [-0.05, 0) is 37.3 Å². The largest absolute Gasteiger partial charge is 0.364 e. The highest BCUT2D eigenvalue weighted by Gasteiger charge is 2.38. The number of benzene rings is 1. The van der Waals surface area contributed by atoms with E-state index < -0.39 is 0 Å². The number of halogens is 1. The molecule has 0 aliphatic carbocycles. The first-order valence-electron chi connectivity index (χ1n) is 8.21. The molecular weight excluding hydrogens is 280 g/mol. The number of aryl methyl sites for hydroxylation is 1. The Morgan fingerprint density at radius 3 is 2.52 bits per heavy atom. The monoisotopic (exact) mass is 308 g/mol. The molecule has 1 aromatic carbocycles. The van der Waals surface area contributed by atoms with E-state index in [1.54, 1.807) is 0 Å². The molecule has 1 heterocycles. The second-order valence-corrected chi connectivity index (χ2v) is 7.12. The number of nitrogens with zero attached hydrogens (tertiary/aromatic N) is 1. The van der Waals surface area contributed by atoms with Crippen LogP contribution in [0, 0.1) is 12.8 Å². The van der Waals surface area contributed by atoms with Crippen molar-refractivity contribution in [2.24, 2.45) is 5.92 Å². The number of hydrogen-bond donors (Lipinski definition) is 1. The van der Waals surface area contributed by atoms with Crippen LogP contribution in [0.4, 0.5) is 5.69 Å². The molecule has 21 heavy (non-hydrogen) atoms. The van der Waals surface area contributed by atoms with Gasteiger partial charge in [-0.1, -0.05) is 51.4 Å². The lowest BCUT2D eigenvalue weighted by molar-refractivity contribution is 0.227. The summed E-state index contributed by atoms with van der Waals surface area (Å²) in [6.45, 7) is 13.4. The van der Waals surface area contributed by atoms with Crippen LogP contribution in [0.2, 0.25) is 5.02 Å². The molecule has 0 bridgehead atoms. The van der Waals surface area contributed by atoms with Crippen molar-refractivity contribution in [3.8, 4) is 0 Å². The van der Waals surface area contributed by atoms with Crippen molar-refractivity contribution in [3.05, 3.63) is 28.8 Å². The van der Waals surface area contributed by atoms with Crippen LogP contribution in [-0.2, 0) is 0 Å². The zero-order valence-electron chi connectivity index (χ0n) is 14.0. The van der Waals surface area contributed by atoms with E-state index in [1.807, 2.05) is 12.1 Å². The standard InChI is InChI=1S/C18H29ClN2/c1-6-18(7-2)12-21(16(11-20-18)13(3)4)17-14(5)9-8-10-15(17)19/h8-10,13,16,20H,6-7,11-12H2,1-5H3. The summed E-state index contributed by atoms with van der Waals surface area (Å²) in [5.41, 5.74) is 2.71. The van der Waals surface area contributed by atoms with Gasteiger partial charge in [-0.25, -0.2) is 0 Å². The van der Waals surface area contributed by atoms with Crippen molar-refractivity contribution in [1.29, 1.82) is 0 Å². The van der Waals surface area contributed by atoms with Gasteiger partial charge in [-0.3, -0.25) is 0 Å². The first-order chi connectivity index (χ1) is 9.94. The number of rotatable bonds is 4. The van der Waals surface area contributed by atoms with Gasteiger partial charge in [0.05, 0.1) is 10.7 Å². The Labute approximate surface area is 134 Å². The number of piperazine rings is 1. The van der Waals surface area contributed by atoms with E-state index in [-0.39, 0.29) is 5.54 Å². The molecule has 1 N–H and O–H groups in total. The highest BCUT2D eigenvalue weighted by Crippen LogP contribution is 2.36. The van der Waals surface area contributed by atoms with Crippen molar-refractivity contribution in [1.82, 2.24) is 5.32 Å². The van der Waals surface area contributed by atoms with E-state index in [4.69, 9.17) is 11.6 Å². The van der Waals surface area contributed by atoms with Crippen LogP contribution >= 0.6 is 11.6 Å². The Kier molecular flexibility index (Phi) is 5.21. The average Bonchev–Trinajstić information content (AvgIpc) is 2.46. The Morgan fingerprint density at radius 1 is 1.33 bits per heavy atom. The molecule has 0 saturated carbocycles. The van der Waals surface area contributed by atoms with Crippen LogP contribution < -0.4 is 10.2 Å². The Balaban J connectivity index is 2.43. The lowest BCUT2D eigenvalue weighted by atomic mass is 9.85. The number of para-hydroxylation sites is 1. The number of nitrogens with one attached hydrogen (secondary N) is 1. The van der Waals surface area contributed by atoms with Gasteiger partial charge in [-0.15, -0.1) is 0 Å². The summed E-state index contributed by atoms with van der Waals surface area (Å²) in [5, 5.41) is 4.70. The molecule has 1 saturated heterocycles. The van der Waals surface area contributed by atoms with Crippen LogP contribution in [0.3, 0.4) is 0 Å². The first kappa shape index (κ1) is 16.6. The molecular formula is C18H29ClN2. The van der Waals surface area contributed by atoms with E-state index in [9.17, 15) is 0 Å². The molecule has 1 atom stereocenters. The van der Waals surface area contributed by atoms with Crippen molar-refractivity contribution in [2.75, 3.05) is 18.0 Å². The second-order valence-electron chi connectivity index (χ2n) is 6.71. The molecule has 1 fully saturated rings. The summed E-state index contributed by atoms with van der Waals surface area (Å²) in [5.74, 6) is 0.597. The first-order valence-corrected chi connectivity index (χ1v) is 8.58. The maximum Gasteiger partial charge on any atom is 0.0642 e. The Morgan fingerprint density at radius 2 is 2.00 bits per heavy atom. The summed E-state index contributed by atoms with van der Waals surface area (Å²) in [6, 6.07) is 6.72. The quantitative estimate of drug-likeness (QED) is 0.871. The summed E-state index contributed by atoms with van der Waals surface area (Å²) < 4.78 is 0. The third-order valence-corrected chi connectivity index (χ3v) is 5.46. The van der Waals surface area contributed by atoms with Crippen molar-refractivity contribution >= 4 is 17.3 Å². The molecule has 1 unspecified atom stereocenters. The minimum atomic E-state index is 0.205. The minimum Gasteiger partial charge on any atom is -0.364 e. The van der Waals surface area contributed by atoms with Gasteiger partial charge in [0.2, 0.25) is 0 Å². The molecule has 0 aromatic heterocycles. The zero-order chi connectivity index (χ0) is 15.6. The van der Waals surface area contributed by atoms with Crippen molar-refractivity contribution in [2.45, 2.75) is 59.0 Å². The minimum absolute atomic E-state index is 0.205. The SMILES string of the molecule is CCC1(CC)CN(c2c(C)cccc2Cl)C(C(C)C)CN1. The molecule has 2 rings (SSSR count). The Hall–Kier alpha value is -0.730. The summed E-state index contributed by atoms with van der Waals surface area (Å²) in [4.78, 5) is 2.56. The van der Waals surface area contributed by atoms with Gasteiger partial charge >= 0.3 is 0 Å². The topological polar surface area (TPSA) is 15.3 Å². The Bertz CT molecular complexity index is 460. The van der Waals surface area contributed by atoms with E-state index in [0.717, 1.165) is 31.0 Å². The van der Waals surface area contributed by atoms with Gasteiger partial charge < -0.3 is 10.2 Å². The molecule has 2 nitrogen and oxygen atoms in total. The van der Waals surface area contributed by atoms with Gasteiger partial charge in [0.1, 0.15) is 0 Å². The lowest BCUT2D eigenvalue weighted by Crippen LogP contribution is -2.65. The fraction of sp³-hybridized carbons (Fsp3) is 0.667. The summed E-state index contributed by atoms with van der Waals surface area (Å²) in [7, 11) is 0. The molecule has 0 radical (unpaired) electrons. The molecule has 0 amide bonds. The van der Waals surface area contributed by atoms with E-state index in [1.165, 1.54) is 11.3 Å². The van der Waals surface area contributed by atoms with Crippen LogP contribution in [0.5, 0.6) is 0 Å². The number of hydrogen-bond acceptors (Lipinski definition) is 2. The van der Waals surface area contributed by atoms with Crippen molar-refractivity contribution < 1.29 is 0 Å². The molecule has 1 aliphatic rings. The van der Waals surface area contributed by atoms with Crippen LogP contribution in [-0.4, -0.2) is 24.7 Å². The van der Waals surface area contributed by atoms with E-state index in [2.05, 4.69) is 50.9 Å². The maximum atomic E-state index is 6.55. The van der Waals surface area contributed by atoms with Crippen LogP contribution in [0.15, 0.2) is 18.2 Å². The lowest BCUT2D eigenvalue weighted by Gasteiger charge is -2.50. The number of anilines is 1. The zero-order valence-corrected chi connectivity index (χ0v) is 14.8. The smallest absolute Gasteiger partial charge is 0.0642 e. The van der Waals surface area contributed by atoms with Gasteiger partial charge in [0.15, 0.2) is 0 Å². The third-order valence-electron chi connectivity index (χ3n) is 5.16. The summed E-state index contributed by atoms with van der Waals surface area (Å²) >= 11 is 6.55. The highest BCUT2D eigenvalue weighted by molar-refractivity contribution is 6.33. The fourth-order valence-corrected chi connectivity index (χ4v) is 3.81. The van der Waals surface area contributed by atoms with Crippen LogP contribution in [0.25, 0.3) is 0 Å². The van der Waals surface area contributed by atoms with E-state index >= 15 is 0 Å². The molecule has 1 aliphatic heterocycles. The van der Waals surface area contributed by atoms with E-state index in [0.29, 0.717) is 12.0 Å². The van der Waals surface area contributed by atoms with Gasteiger partial charge in [-0.2, -0.15) is 0 Å². The van der Waals surface area contributed by atoms with Crippen LogP contribution in [0.1, 0.15) is 46.1 Å². The van der Waals surface area contributed by atoms with Gasteiger partial charge in [0.25, 0.3) is 0 Å². The van der Waals surface area contributed by atoms with Gasteiger partial charge in [0, 0.05) is 24.7 Å². The predicted molar refractivity (Wildman–Crippen MR) is 93.5 cm³/mol. The molecule has 3 heteroatoms. The van der Waals surface area contributed by atoms with Crippen molar-refractivity contribution in [3.63, 3.8) is 0 Å². The fourth-order valence-electron chi connectivity index (χ4n) is 3.48. The molecule has 1 aromatic rings. The maximum absolute atomic E-state index is 6.55. The normalized spacial score (nSPS) is 21.9.